The molecule has 1 aromatic heterocycles. The van der Waals surface area contributed by atoms with Crippen LogP contribution in [-0.4, -0.2) is 9.55 Å². The zero-order chi connectivity index (χ0) is 11.1. The average Bonchev–Trinajstić information content (AvgIpc) is 2.83. The van der Waals surface area contributed by atoms with Crippen molar-refractivity contribution in [2.45, 2.75) is 31.7 Å². The minimum Gasteiger partial charge on any atom is -0.331 e. The molecule has 1 fully saturated rings. The van der Waals surface area contributed by atoms with Gasteiger partial charge in [-0.05, 0) is 43.3 Å². The van der Waals surface area contributed by atoms with Crippen molar-refractivity contribution in [1.29, 1.82) is 0 Å². The molecule has 1 aliphatic carbocycles. The average molecular weight is 253 g/mol. The Morgan fingerprint density at radius 1 is 1.31 bits per heavy atom. The van der Waals surface area contributed by atoms with Gasteiger partial charge in [0.2, 0.25) is 0 Å². The van der Waals surface area contributed by atoms with E-state index in [2.05, 4.69) is 15.6 Å². The fourth-order valence-corrected chi connectivity index (χ4v) is 3.16. The molecule has 2 aromatic rings. The number of aromatic amines is 1. The molecule has 3 rings (SSSR count). The molecule has 0 spiro atoms. The number of nitrogens with zero attached hydrogens (tertiary/aromatic N) is 1. The van der Waals surface area contributed by atoms with Crippen LogP contribution in [0.4, 0.5) is 0 Å². The van der Waals surface area contributed by atoms with Crippen LogP contribution in [0, 0.1) is 4.77 Å². The molecule has 4 heteroatoms. The molecule has 1 aliphatic rings. The molecule has 16 heavy (non-hydrogen) atoms. The number of hydrogen-bond acceptors (Lipinski definition) is 1. The van der Waals surface area contributed by atoms with Gasteiger partial charge in [-0.3, -0.25) is 0 Å². The van der Waals surface area contributed by atoms with Crippen LogP contribution in [0.2, 0.25) is 5.02 Å². The molecule has 1 N–H and O–H groups in total. The van der Waals surface area contributed by atoms with Crippen LogP contribution in [0.5, 0.6) is 0 Å². The molecule has 0 bridgehead atoms. The van der Waals surface area contributed by atoms with E-state index in [4.69, 9.17) is 23.8 Å². The summed E-state index contributed by atoms with van der Waals surface area (Å²) in [6.07, 6.45) is 5.10. The highest BCUT2D eigenvalue weighted by Crippen LogP contribution is 2.33. The van der Waals surface area contributed by atoms with Crippen molar-refractivity contribution in [3.8, 4) is 0 Å². The summed E-state index contributed by atoms with van der Waals surface area (Å²) < 4.78 is 3.08. The third-order valence-corrected chi connectivity index (χ3v) is 3.90. The van der Waals surface area contributed by atoms with Crippen molar-refractivity contribution in [2.75, 3.05) is 0 Å². The van der Waals surface area contributed by atoms with E-state index in [1.165, 1.54) is 31.2 Å². The molecular weight excluding hydrogens is 240 g/mol. The van der Waals surface area contributed by atoms with Crippen LogP contribution in [0.3, 0.4) is 0 Å². The van der Waals surface area contributed by atoms with Gasteiger partial charge in [-0.2, -0.15) is 0 Å². The Balaban J connectivity index is 2.23. The van der Waals surface area contributed by atoms with Crippen LogP contribution >= 0.6 is 23.8 Å². The number of nitrogens with one attached hydrogen (secondary N) is 1. The monoisotopic (exact) mass is 252 g/mol. The number of rotatable bonds is 1. The van der Waals surface area contributed by atoms with Crippen molar-refractivity contribution in [3.63, 3.8) is 0 Å². The molecule has 2 nitrogen and oxygen atoms in total. The lowest BCUT2D eigenvalue weighted by Gasteiger charge is -2.12. The number of H-pyrrole nitrogens is 1. The second-order valence-corrected chi connectivity index (χ2v) is 5.22. The first-order chi connectivity index (χ1) is 7.75. The summed E-state index contributed by atoms with van der Waals surface area (Å²) in [4.78, 5) is 3.24. The zero-order valence-electron chi connectivity index (χ0n) is 8.87. The minimum absolute atomic E-state index is 0.572. The van der Waals surface area contributed by atoms with Crippen LogP contribution in [0.1, 0.15) is 31.7 Å². The van der Waals surface area contributed by atoms with Crippen LogP contribution in [0.15, 0.2) is 18.2 Å². The van der Waals surface area contributed by atoms with Gasteiger partial charge in [0.25, 0.3) is 0 Å². The number of hydrogen-bond donors (Lipinski definition) is 1. The molecule has 1 aromatic carbocycles. The first kappa shape index (κ1) is 10.4. The van der Waals surface area contributed by atoms with Crippen molar-refractivity contribution in [1.82, 2.24) is 9.55 Å². The Bertz CT molecular complexity index is 578. The minimum atomic E-state index is 0.572. The lowest BCUT2D eigenvalue weighted by atomic mass is 10.2. The van der Waals surface area contributed by atoms with E-state index in [0.29, 0.717) is 6.04 Å². The van der Waals surface area contributed by atoms with Crippen LogP contribution in [-0.2, 0) is 0 Å². The molecule has 0 aliphatic heterocycles. The summed E-state index contributed by atoms with van der Waals surface area (Å²) in [5.41, 5.74) is 2.23. The number of imidazole rings is 1. The predicted molar refractivity (Wildman–Crippen MR) is 69.6 cm³/mol. The zero-order valence-corrected chi connectivity index (χ0v) is 10.4. The molecule has 0 atom stereocenters. The van der Waals surface area contributed by atoms with E-state index in [1.54, 1.807) is 0 Å². The third-order valence-electron chi connectivity index (χ3n) is 3.37. The van der Waals surface area contributed by atoms with E-state index in [9.17, 15) is 0 Å². The first-order valence-corrected chi connectivity index (χ1v) is 6.44. The summed E-state index contributed by atoms with van der Waals surface area (Å²) in [7, 11) is 0. The molecule has 0 saturated heterocycles. The van der Waals surface area contributed by atoms with Crippen molar-refractivity contribution < 1.29 is 0 Å². The standard InChI is InChI=1S/C12H13ClN2S/c13-8-5-6-11-10(7-8)14-12(16)15(11)9-3-1-2-4-9/h5-7,9H,1-4H2,(H,14,16). The normalized spacial score (nSPS) is 17.3. The number of aromatic nitrogens is 2. The van der Waals surface area contributed by atoms with Gasteiger partial charge >= 0.3 is 0 Å². The maximum atomic E-state index is 5.98. The van der Waals surface area contributed by atoms with E-state index < -0.39 is 0 Å². The summed E-state index contributed by atoms with van der Waals surface area (Å²) >= 11 is 11.4. The summed E-state index contributed by atoms with van der Waals surface area (Å²) in [5.74, 6) is 0. The molecule has 0 radical (unpaired) electrons. The van der Waals surface area contributed by atoms with Gasteiger partial charge in [0, 0.05) is 11.1 Å². The van der Waals surface area contributed by atoms with E-state index in [0.717, 1.165) is 15.3 Å². The van der Waals surface area contributed by atoms with Gasteiger partial charge in [0.1, 0.15) is 0 Å². The fraction of sp³-hybridized carbons (Fsp3) is 0.417. The Morgan fingerprint density at radius 3 is 2.81 bits per heavy atom. The maximum absolute atomic E-state index is 5.98. The van der Waals surface area contributed by atoms with Gasteiger partial charge < -0.3 is 9.55 Å². The lowest BCUT2D eigenvalue weighted by Crippen LogP contribution is -2.04. The molecular formula is C12H13ClN2S. The Morgan fingerprint density at radius 2 is 2.06 bits per heavy atom. The molecule has 1 heterocycles. The van der Waals surface area contributed by atoms with Gasteiger partial charge in [-0.1, -0.05) is 24.4 Å². The van der Waals surface area contributed by atoms with Crippen molar-refractivity contribution >= 4 is 34.9 Å². The largest absolute Gasteiger partial charge is 0.331 e. The van der Waals surface area contributed by atoms with Gasteiger partial charge in [0.15, 0.2) is 4.77 Å². The van der Waals surface area contributed by atoms with Gasteiger partial charge in [-0.15, -0.1) is 0 Å². The predicted octanol–water partition coefficient (Wildman–Crippen LogP) is 4.47. The van der Waals surface area contributed by atoms with Gasteiger partial charge in [0.05, 0.1) is 11.0 Å². The van der Waals surface area contributed by atoms with E-state index in [-0.39, 0.29) is 0 Å². The number of fused-ring (bicyclic) bond motifs is 1. The Kier molecular flexibility index (Phi) is 2.52. The second-order valence-electron chi connectivity index (χ2n) is 4.40. The first-order valence-electron chi connectivity index (χ1n) is 5.65. The highest BCUT2D eigenvalue weighted by Gasteiger charge is 2.19. The van der Waals surface area contributed by atoms with Crippen molar-refractivity contribution in [2.24, 2.45) is 0 Å². The van der Waals surface area contributed by atoms with E-state index in [1.807, 2.05) is 12.1 Å². The maximum Gasteiger partial charge on any atom is 0.178 e. The summed E-state index contributed by atoms with van der Waals surface area (Å²) in [6.45, 7) is 0. The SMILES string of the molecule is S=c1[nH]c2cc(Cl)ccc2n1C1CCCC1. The molecule has 0 unspecified atom stereocenters. The quantitative estimate of drug-likeness (QED) is 0.743. The van der Waals surface area contributed by atoms with Crippen molar-refractivity contribution in [3.05, 3.63) is 28.0 Å². The van der Waals surface area contributed by atoms with Crippen LogP contribution < -0.4 is 0 Å². The van der Waals surface area contributed by atoms with Crippen LogP contribution in [0.25, 0.3) is 11.0 Å². The Hall–Kier alpha value is -0.800. The molecule has 1 saturated carbocycles. The lowest BCUT2D eigenvalue weighted by molar-refractivity contribution is 0.526. The summed E-state index contributed by atoms with van der Waals surface area (Å²) in [5, 5.41) is 0.752. The second kappa shape index (κ2) is 3.90. The highest BCUT2D eigenvalue weighted by atomic mass is 35.5. The Labute approximate surface area is 104 Å². The number of halogens is 1. The smallest absolute Gasteiger partial charge is 0.178 e. The third kappa shape index (κ3) is 1.59. The fourth-order valence-electron chi connectivity index (χ4n) is 2.63. The summed E-state index contributed by atoms with van der Waals surface area (Å²) in [6, 6.07) is 6.50. The van der Waals surface area contributed by atoms with Gasteiger partial charge in [-0.25, -0.2) is 0 Å². The molecule has 84 valence electrons. The molecule has 0 amide bonds. The highest BCUT2D eigenvalue weighted by molar-refractivity contribution is 7.71. The topological polar surface area (TPSA) is 20.7 Å². The van der Waals surface area contributed by atoms with E-state index >= 15 is 0 Å². The number of benzene rings is 1.